The lowest BCUT2D eigenvalue weighted by molar-refractivity contribution is -0.148. The molecule has 1 unspecified atom stereocenters. The maximum Gasteiger partial charge on any atom is 0.340 e. The first-order valence-electron chi connectivity index (χ1n) is 6.65. The summed E-state index contributed by atoms with van der Waals surface area (Å²) in [5, 5.41) is 5.88. The summed E-state index contributed by atoms with van der Waals surface area (Å²) in [7, 11) is 0. The Morgan fingerprint density at radius 3 is 2.74 bits per heavy atom. The van der Waals surface area contributed by atoms with Crippen molar-refractivity contribution in [3.8, 4) is 5.88 Å². The minimum Gasteiger partial charge on any atom is -0.471 e. The molecule has 23 heavy (non-hydrogen) atoms. The van der Waals surface area contributed by atoms with Gasteiger partial charge in [-0.05, 0) is 19.0 Å². The molecule has 1 atom stereocenters. The number of aromatic nitrogens is 1. The Morgan fingerprint density at radius 2 is 2.22 bits per heavy atom. The van der Waals surface area contributed by atoms with Gasteiger partial charge in [-0.25, -0.2) is 13.8 Å². The smallest absolute Gasteiger partial charge is 0.340 e. The SMILES string of the molecule is Cl.O=C(NC1CCNC1)c1ccc(OCC(F)(F)C(F)F)nc1. The summed E-state index contributed by atoms with van der Waals surface area (Å²) in [4.78, 5) is 15.5. The van der Waals surface area contributed by atoms with Gasteiger partial charge in [-0.1, -0.05) is 0 Å². The van der Waals surface area contributed by atoms with E-state index >= 15 is 0 Å². The van der Waals surface area contributed by atoms with Crippen LogP contribution in [0.15, 0.2) is 18.3 Å². The second-order valence-corrected chi connectivity index (χ2v) is 4.90. The van der Waals surface area contributed by atoms with E-state index in [1.807, 2.05) is 0 Å². The molecule has 0 saturated carbocycles. The number of amides is 1. The molecule has 1 saturated heterocycles. The lowest BCUT2D eigenvalue weighted by atomic mass is 10.2. The minimum absolute atomic E-state index is 0. The van der Waals surface area contributed by atoms with Crippen molar-refractivity contribution in [3.05, 3.63) is 23.9 Å². The Labute approximate surface area is 136 Å². The van der Waals surface area contributed by atoms with E-state index in [4.69, 9.17) is 0 Å². The topological polar surface area (TPSA) is 63.2 Å². The van der Waals surface area contributed by atoms with Crippen molar-refractivity contribution >= 4 is 18.3 Å². The van der Waals surface area contributed by atoms with Crippen molar-refractivity contribution in [3.63, 3.8) is 0 Å². The molecule has 1 aromatic heterocycles. The Hall–Kier alpha value is -1.61. The molecule has 2 N–H and O–H groups in total. The van der Waals surface area contributed by atoms with Crippen LogP contribution in [0, 0.1) is 0 Å². The maximum atomic E-state index is 12.7. The van der Waals surface area contributed by atoms with Gasteiger partial charge in [0.25, 0.3) is 5.91 Å². The first kappa shape index (κ1) is 19.4. The fourth-order valence-corrected chi connectivity index (χ4v) is 1.88. The van der Waals surface area contributed by atoms with E-state index < -0.39 is 19.0 Å². The molecule has 0 radical (unpaired) electrons. The van der Waals surface area contributed by atoms with Crippen molar-refractivity contribution in [1.29, 1.82) is 0 Å². The fraction of sp³-hybridized carbons (Fsp3) is 0.538. The molecule has 2 heterocycles. The first-order valence-corrected chi connectivity index (χ1v) is 6.65. The zero-order valence-corrected chi connectivity index (χ0v) is 12.7. The molecular weight excluding hydrogens is 342 g/mol. The van der Waals surface area contributed by atoms with Gasteiger partial charge in [0.05, 0.1) is 5.56 Å². The van der Waals surface area contributed by atoms with Crippen LogP contribution in [0.1, 0.15) is 16.8 Å². The van der Waals surface area contributed by atoms with Crippen molar-refractivity contribution in [2.45, 2.75) is 24.8 Å². The zero-order chi connectivity index (χ0) is 16.2. The number of carbonyl (C=O) groups excluding carboxylic acids is 1. The lowest BCUT2D eigenvalue weighted by Crippen LogP contribution is -2.36. The molecule has 0 bridgehead atoms. The van der Waals surface area contributed by atoms with Crippen molar-refractivity contribution < 1.29 is 27.1 Å². The molecule has 1 aliphatic heterocycles. The summed E-state index contributed by atoms with van der Waals surface area (Å²) in [5.41, 5.74) is 0.236. The van der Waals surface area contributed by atoms with Crippen LogP contribution in [-0.2, 0) is 0 Å². The van der Waals surface area contributed by atoms with Gasteiger partial charge >= 0.3 is 12.3 Å². The predicted molar refractivity (Wildman–Crippen MR) is 76.7 cm³/mol. The average molecular weight is 358 g/mol. The van der Waals surface area contributed by atoms with Crippen LogP contribution < -0.4 is 15.4 Å². The number of nitrogens with zero attached hydrogens (tertiary/aromatic N) is 1. The minimum atomic E-state index is -4.24. The monoisotopic (exact) mass is 357 g/mol. The third kappa shape index (κ3) is 5.51. The Morgan fingerprint density at radius 1 is 1.48 bits per heavy atom. The van der Waals surface area contributed by atoms with Crippen LogP contribution in [0.4, 0.5) is 17.6 Å². The van der Waals surface area contributed by atoms with Gasteiger partial charge in [0.15, 0.2) is 6.61 Å². The number of hydrogen-bond donors (Lipinski definition) is 2. The highest BCUT2D eigenvalue weighted by atomic mass is 35.5. The molecule has 1 amide bonds. The summed E-state index contributed by atoms with van der Waals surface area (Å²) in [6.07, 6.45) is -1.84. The zero-order valence-electron chi connectivity index (χ0n) is 11.9. The molecule has 1 aromatic rings. The highest BCUT2D eigenvalue weighted by Crippen LogP contribution is 2.23. The summed E-state index contributed by atoms with van der Waals surface area (Å²) in [6.45, 7) is 0.0361. The quantitative estimate of drug-likeness (QED) is 0.763. The number of carbonyl (C=O) groups is 1. The van der Waals surface area contributed by atoms with Crippen molar-refractivity contribution in [2.75, 3.05) is 19.7 Å². The normalized spacial score (nSPS) is 17.7. The van der Waals surface area contributed by atoms with Crippen LogP contribution in [0.25, 0.3) is 0 Å². The lowest BCUT2D eigenvalue weighted by Gasteiger charge is -2.15. The predicted octanol–water partition coefficient (Wildman–Crippen LogP) is 1.87. The second kappa shape index (κ2) is 8.30. The molecule has 10 heteroatoms. The largest absolute Gasteiger partial charge is 0.471 e. The van der Waals surface area contributed by atoms with E-state index in [0.29, 0.717) is 6.54 Å². The average Bonchev–Trinajstić information content (AvgIpc) is 2.98. The van der Waals surface area contributed by atoms with E-state index in [1.165, 1.54) is 12.1 Å². The van der Waals surface area contributed by atoms with E-state index in [0.717, 1.165) is 19.2 Å². The van der Waals surface area contributed by atoms with Crippen LogP contribution in [0.2, 0.25) is 0 Å². The van der Waals surface area contributed by atoms with Crippen LogP contribution in [0.3, 0.4) is 0 Å². The van der Waals surface area contributed by atoms with Gasteiger partial charge in [0, 0.05) is 24.8 Å². The number of nitrogens with one attached hydrogen (secondary N) is 2. The van der Waals surface area contributed by atoms with E-state index in [-0.39, 0.29) is 35.8 Å². The fourth-order valence-electron chi connectivity index (χ4n) is 1.88. The number of hydrogen-bond acceptors (Lipinski definition) is 4. The number of pyridine rings is 1. The van der Waals surface area contributed by atoms with Gasteiger partial charge in [-0.3, -0.25) is 4.79 Å². The van der Waals surface area contributed by atoms with Crippen molar-refractivity contribution in [2.24, 2.45) is 0 Å². The summed E-state index contributed by atoms with van der Waals surface area (Å²) in [6, 6.07) is 2.55. The van der Waals surface area contributed by atoms with Gasteiger partial charge in [-0.15, -0.1) is 12.4 Å². The molecule has 0 aliphatic carbocycles. The summed E-state index contributed by atoms with van der Waals surface area (Å²) >= 11 is 0. The molecule has 5 nitrogen and oxygen atoms in total. The Bertz CT molecular complexity index is 510. The van der Waals surface area contributed by atoms with Crippen LogP contribution in [0.5, 0.6) is 5.88 Å². The number of rotatable bonds is 6. The Kier molecular flexibility index (Phi) is 7.01. The third-order valence-electron chi connectivity index (χ3n) is 3.13. The van der Waals surface area contributed by atoms with Crippen LogP contribution in [-0.4, -0.2) is 49.0 Å². The Balaban J connectivity index is 0.00000264. The number of halogens is 5. The number of ether oxygens (including phenoxy) is 1. The standard InChI is InChI=1S/C13H15F4N3O2.ClH/c14-12(15)13(16,17)7-22-10-2-1-8(5-19-10)11(21)20-9-3-4-18-6-9;/h1-2,5,9,12,18H,3-4,6-7H2,(H,20,21);1H. The second-order valence-electron chi connectivity index (χ2n) is 4.90. The van der Waals surface area contributed by atoms with E-state index in [1.54, 1.807) is 0 Å². The first-order chi connectivity index (χ1) is 10.4. The van der Waals surface area contributed by atoms with Gasteiger partial charge in [-0.2, -0.15) is 8.78 Å². The van der Waals surface area contributed by atoms with E-state index in [2.05, 4.69) is 20.4 Å². The highest BCUT2D eigenvalue weighted by Gasteiger charge is 2.41. The summed E-state index contributed by atoms with van der Waals surface area (Å²) < 4.78 is 53.8. The molecule has 0 aromatic carbocycles. The molecule has 1 aliphatic rings. The van der Waals surface area contributed by atoms with Gasteiger partial charge in [0.2, 0.25) is 5.88 Å². The highest BCUT2D eigenvalue weighted by molar-refractivity contribution is 5.94. The van der Waals surface area contributed by atoms with Crippen LogP contribution >= 0.6 is 12.4 Å². The molecule has 1 fully saturated rings. The van der Waals surface area contributed by atoms with Gasteiger partial charge in [0.1, 0.15) is 0 Å². The van der Waals surface area contributed by atoms with Crippen molar-refractivity contribution in [1.82, 2.24) is 15.6 Å². The maximum absolute atomic E-state index is 12.7. The number of alkyl halides is 4. The summed E-state index contributed by atoms with van der Waals surface area (Å²) in [5.74, 6) is -4.84. The van der Waals surface area contributed by atoms with Gasteiger partial charge < -0.3 is 15.4 Å². The van der Waals surface area contributed by atoms with E-state index in [9.17, 15) is 22.4 Å². The molecule has 2 rings (SSSR count). The third-order valence-corrected chi connectivity index (χ3v) is 3.13. The molecular formula is C13H16ClF4N3O2. The molecule has 0 spiro atoms. The molecule has 130 valence electrons.